The van der Waals surface area contributed by atoms with Crippen LogP contribution in [0.1, 0.15) is 16.1 Å². The Morgan fingerprint density at radius 1 is 1.25 bits per heavy atom. The number of thiophene rings is 1. The number of anilines is 1. The maximum absolute atomic E-state index is 12.2. The Morgan fingerprint density at radius 2 is 2.08 bits per heavy atom. The van der Waals surface area contributed by atoms with Crippen molar-refractivity contribution in [1.82, 2.24) is 5.16 Å². The number of amides is 1. The molecule has 0 fully saturated rings. The van der Waals surface area contributed by atoms with Crippen molar-refractivity contribution in [3.63, 3.8) is 0 Å². The highest BCUT2D eigenvalue weighted by Crippen LogP contribution is 2.25. The van der Waals surface area contributed by atoms with Gasteiger partial charge in [-0.1, -0.05) is 23.4 Å². The van der Waals surface area contributed by atoms with Gasteiger partial charge in [0.2, 0.25) is 0 Å². The molecule has 0 saturated carbocycles. The largest absolute Gasteiger partial charge is 0.355 e. The number of carbonyl (C=O) groups is 1. The van der Waals surface area contributed by atoms with Crippen LogP contribution in [0.2, 0.25) is 0 Å². The number of benzene rings is 1. The van der Waals surface area contributed by atoms with Gasteiger partial charge in [-0.15, -0.1) is 11.3 Å². The first-order chi connectivity index (χ1) is 11.4. The molecule has 0 aliphatic heterocycles. The Morgan fingerprint density at radius 3 is 2.79 bits per heavy atom. The van der Waals surface area contributed by atoms with E-state index in [4.69, 9.17) is 4.52 Å². The third kappa shape index (κ3) is 4.09. The van der Waals surface area contributed by atoms with Crippen LogP contribution < -0.4 is 5.32 Å². The predicted octanol–water partition coefficient (Wildman–Crippen LogP) is 3.20. The number of nitrogens with one attached hydrogen (secondary N) is 1. The SMILES string of the molecule is CS(=O)(=O)Cc1cccc(NC(=O)c2cc(-c3cccs3)on2)c1. The molecule has 8 heteroatoms. The van der Waals surface area contributed by atoms with Gasteiger partial charge in [0.1, 0.15) is 0 Å². The molecule has 0 aliphatic rings. The average molecular weight is 362 g/mol. The molecule has 0 radical (unpaired) electrons. The molecule has 0 spiro atoms. The van der Waals surface area contributed by atoms with E-state index < -0.39 is 15.7 Å². The molecule has 6 nitrogen and oxygen atoms in total. The van der Waals surface area contributed by atoms with Gasteiger partial charge in [-0.05, 0) is 29.1 Å². The molecule has 2 aromatic heterocycles. The van der Waals surface area contributed by atoms with Gasteiger partial charge in [-0.3, -0.25) is 4.79 Å². The van der Waals surface area contributed by atoms with Crippen LogP contribution in [-0.2, 0) is 15.6 Å². The monoisotopic (exact) mass is 362 g/mol. The fourth-order valence-electron chi connectivity index (χ4n) is 2.15. The first kappa shape index (κ1) is 16.4. The first-order valence-electron chi connectivity index (χ1n) is 6.99. The molecule has 2 heterocycles. The third-order valence-corrected chi connectivity index (χ3v) is 4.86. The molecular weight excluding hydrogens is 348 g/mol. The van der Waals surface area contributed by atoms with E-state index >= 15 is 0 Å². The van der Waals surface area contributed by atoms with Crippen molar-refractivity contribution in [3.8, 4) is 10.6 Å². The lowest BCUT2D eigenvalue weighted by atomic mass is 10.2. The van der Waals surface area contributed by atoms with Gasteiger partial charge in [0, 0.05) is 18.0 Å². The summed E-state index contributed by atoms with van der Waals surface area (Å²) in [4.78, 5) is 13.1. The van der Waals surface area contributed by atoms with Gasteiger partial charge in [0.25, 0.3) is 5.91 Å². The predicted molar refractivity (Wildman–Crippen MR) is 92.8 cm³/mol. The van der Waals surface area contributed by atoms with Crippen molar-refractivity contribution in [3.05, 3.63) is 59.1 Å². The summed E-state index contributed by atoms with van der Waals surface area (Å²) < 4.78 is 27.9. The highest BCUT2D eigenvalue weighted by atomic mass is 32.2. The van der Waals surface area contributed by atoms with Gasteiger partial charge in [0.15, 0.2) is 21.3 Å². The lowest BCUT2D eigenvalue weighted by molar-refractivity contribution is 0.101. The molecule has 24 heavy (non-hydrogen) atoms. The van der Waals surface area contributed by atoms with Crippen LogP contribution in [0.3, 0.4) is 0 Å². The number of sulfone groups is 1. The molecule has 1 aromatic carbocycles. The smallest absolute Gasteiger partial charge is 0.277 e. The molecule has 0 atom stereocenters. The van der Waals surface area contributed by atoms with Gasteiger partial charge >= 0.3 is 0 Å². The van der Waals surface area contributed by atoms with Crippen molar-refractivity contribution in [2.75, 3.05) is 11.6 Å². The quantitative estimate of drug-likeness (QED) is 0.753. The molecular formula is C16H14N2O4S2. The molecule has 0 aliphatic carbocycles. The Hall–Kier alpha value is -2.45. The molecule has 3 aromatic rings. The molecule has 3 rings (SSSR count). The highest BCUT2D eigenvalue weighted by Gasteiger charge is 2.15. The number of hydrogen-bond donors (Lipinski definition) is 1. The van der Waals surface area contributed by atoms with Crippen LogP contribution in [-0.4, -0.2) is 25.7 Å². The summed E-state index contributed by atoms with van der Waals surface area (Å²) in [5.41, 5.74) is 1.27. The second kappa shape index (κ2) is 6.58. The Balaban J connectivity index is 1.74. The average Bonchev–Trinajstić information content (AvgIpc) is 3.17. The fraction of sp³-hybridized carbons (Fsp3) is 0.125. The fourth-order valence-corrected chi connectivity index (χ4v) is 3.61. The second-order valence-corrected chi connectivity index (χ2v) is 8.37. The minimum absolute atomic E-state index is 0.0802. The molecule has 1 amide bonds. The summed E-state index contributed by atoms with van der Waals surface area (Å²) in [7, 11) is -3.14. The van der Waals surface area contributed by atoms with Crippen molar-refractivity contribution in [1.29, 1.82) is 0 Å². The summed E-state index contributed by atoms with van der Waals surface area (Å²) in [5, 5.41) is 8.37. The lowest BCUT2D eigenvalue weighted by Gasteiger charge is -2.05. The van der Waals surface area contributed by atoms with Crippen LogP contribution in [0.5, 0.6) is 0 Å². The van der Waals surface area contributed by atoms with Crippen LogP contribution in [0.4, 0.5) is 5.69 Å². The summed E-state index contributed by atoms with van der Waals surface area (Å²) in [6.07, 6.45) is 1.17. The van der Waals surface area contributed by atoms with Crippen molar-refractivity contribution < 1.29 is 17.7 Å². The van der Waals surface area contributed by atoms with E-state index in [0.717, 1.165) is 4.88 Å². The Bertz CT molecular complexity index is 960. The summed E-state index contributed by atoms with van der Waals surface area (Å²) in [5.74, 6) is 0.0301. The van der Waals surface area contributed by atoms with Crippen molar-refractivity contribution in [2.24, 2.45) is 0 Å². The number of carbonyl (C=O) groups excluding carboxylic acids is 1. The van der Waals surface area contributed by atoms with Crippen LogP contribution in [0.25, 0.3) is 10.6 Å². The second-order valence-electron chi connectivity index (χ2n) is 5.28. The maximum Gasteiger partial charge on any atom is 0.277 e. The van der Waals surface area contributed by atoms with E-state index in [0.29, 0.717) is 17.0 Å². The molecule has 0 bridgehead atoms. The van der Waals surface area contributed by atoms with Crippen LogP contribution in [0.15, 0.2) is 52.4 Å². The van der Waals surface area contributed by atoms with Gasteiger partial charge in [0.05, 0.1) is 10.6 Å². The summed E-state index contributed by atoms with van der Waals surface area (Å²) in [6.45, 7) is 0. The van der Waals surface area contributed by atoms with E-state index in [9.17, 15) is 13.2 Å². The zero-order chi connectivity index (χ0) is 17.2. The van der Waals surface area contributed by atoms with E-state index in [2.05, 4.69) is 10.5 Å². The number of hydrogen-bond acceptors (Lipinski definition) is 6. The number of aromatic nitrogens is 1. The van der Waals surface area contributed by atoms with Crippen LogP contribution >= 0.6 is 11.3 Å². The highest BCUT2D eigenvalue weighted by molar-refractivity contribution is 7.89. The minimum atomic E-state index is -3.14. The topological polar surface area (TPSA) is 89.3 Å². The minimum Gasteiger partial charge on any atom is -0.355 e. The normalized spacial score (nSPS) is 11.4. The van der Waals surface area contributed by atoms with E-state index in [1.165, 1.54) is 17.6 Å². The Kier molecular flexibility index (Phi) is 4.50. The summed E-state index contributed by atoms with van der Waals surface area (Å²) in [6, 6.07) is 12.0. The molecule has 0 unspecified atom stereocenters. The zero-order valence-electron chi connectivity index (χ0n) is 12.7. The van der Waals surface area contributed by atoms with E-state index in [1.54, 1.807) is 30.3 Å². The van der Waals surface area contributed by atoms with Crippen molar-refractivity contribution >= 4 is 32.8 Å². The number of rotatable bonds is 5. The molecule has 1 N–H and O–H groups in total. The summed E-state index contributed by atoms with van der Waals surface area (Å²) >= 11 is 1.49. The van der Waals surface area contributed by atoms with Gasteiger partial charge in [-0.2, -0.15) is 0 Å². The third-order valence-electron chi connectivity index (χ3n) is 3.12. The van der Waals surface area contributed by atoms with E-state index in [-0.39, 0.29) is 11.4 Å². The molecule has 124 valence electrons. The Labute approximate surface area is 143 Å². The maximum atomic E-state index is 12.2. The van der Waals surface area contributed by atoms with E-state index in [1.807, 2.05) is 17.5 Å². The van der Waals surface area contributed by atoms with Crippen LogP contribution in [0, 0.1) is 0 Å². The first-order valence-corrected chi connectivity index (χ1v) is 9.93. The number of nitrogens with zero attached hydrogens (tertiary/aromatic N) is 1. The zero-order valence-corrected chi connectivity index (χ0v) is 14.4. The van der Waals surface area contributed by atoms with Gasteiger partial charge in [-0.25, -0.2) is 8.42 Å². The standard InChI is InChI=1S/C16H14N2O4S2/c1-24(20,21)10-11-4-2-5-12(8-11)17-16(19)13-9-14(22-18-13)15-6-3-7-23-15/h2-9H,10H2,1H3,(H,17,19). The van der Waals surface area contributed by atoms with Gasteiger partial charge < -0.3 is 9.84 Å². The van der Waals surface area contributed by atoms with Crippen molar-refractivity contribution in [2.45, 2.75) is 5.75 Å². The lowest BCUT2D eigenvalue weighted by Crippen LogP contribution is -2.12. The molecule has 0 saturated heterocycles.